The Hall–Kier alpha value is -1.60. The molecule has 98 valence electrons. The van der Waals surface area contributed by atoms with E-state index in [1.54, 1.807) is 25.2 Å². The van der Waals surface area contributed by atoms with Crippen LogP contribution in [0.1, 0.15) is 11.6 Å². The van der Waals surface area contributed by atoms with Crippen LogP contribution >= 0.6 is 0 Å². The van der Waals surface area contributed by atoms with Crippen LogP contribution in [0.25, 0.3) is 11.1 Å². The van der Waals surface area contributed by atoms with E-state index in [1.165, 1.54) is 4.57 Å². The molecular weight excluding hydrogens is 256 g/mol. The molecule has 0 spiro atoms. The van der Waals surface area contributed by atoms with E-state index in [2.05, 4.69) is 0 Å². The van der Waals surface area contributed by atoms with E-state index in [4.69, 9.17) is 10.2 Å². The Balaban J connectivity index is 2.44. The number of oxazole rings is 1. The third-order valence-corrected chi connectivity index (χ3v) is 3.69. The topological polar surface area (TPSA) is 95.3 Å². The zero-order valence-corrected chi connectivity index (χ0v) is 10.9. The van der Waals surface area contributed by atoms with Crippen LogP contribution in [0, 0.1) is 0 Å². The van der Waals surface area contributed by atoms with Gasteiger partial charge in [0.2, 0.25) is 0 Å². The van der Waals surface area contributed by atoms with Crippen LogP contribution in [0.5, 0.6) is 0 Å². The van der Waals surface area contributed by atoms with Crippen LogP contribution in [-0.4, -0.2) is 25.0 Å². The van der Waals surface area contributed by atoms with Gasteiger partial charge in [-0.05, 0) is 17.7 Å². The number of nitrogens with zero attached hydrogens (tertiary/aromatic N) is 1. The zero-order valence-electron chi connectivity index (χ0n) is 10.1. The molecule has 1 heterocycles. The number of aryl methyl sites for hydroxylation is 1. The van der Waals surface area contributed by atoms with Gasteiger partial charge in [-0.1, -0.05) is 6.07 Å². The van der Waals surface area contributed by atoms with Gasteiger partial charge in [0.05, 0.1) is 11.3 Å². The lowest BCUT2D eigenvalue weighted by molar-refractivity contribution is 0.527. The molecule has 18 heavy (non-hydrogen) atoms. The van der Waals surface area contributed by atoms with Gasteiger partial charge in [0, 0.05) is 19.3 Å². The second kappa shape index (κ2) is 4.25. The summed E-state index contributed by atoms with van der Waals surface area (Å²) < 4.78 is 28.8. The fourth-order valence-corrected chi connectivity index (χ4v) is 2.65. The predicted octanol–water partition coefficient (Wildman–Crippen LogP) is 0.176. The van der Waals surface area contributed by atoms with E-state index >= 15 is 0 Å². The highest BCUT2D eigenvalue weighted by Crippen LogP contribution is 2.19. The van der Waals surface area contributed by atoms with Crippen LogP contribution in [0.15, 0.2) is 27.4 Å². The van der Waals surface area contributed by atoms with Crippen LogP contribution in [-0.2, 0) is 16.9 Å². The first-order chi connectivity index (χ1) is 8.28. The first kappa shape index (κ1) is 12.8. The SMILES string of the molecule is Cn1c(=O)oc2cc(C(N)CS(C)(=O)=O)ccc21. The molecule has 0 bridgehead atoms. The number of sulfone groups is 1. The average molecular weight is 270 g/mol. The highest BCUT2D eigenvalue weighted by atomic mass is 32.2. The minimum atomic E-state index is -3.15. The molecule has 2 aromatic rings. The molecule has 0 aliphatic rings. The zero-order chi connectivity index (χ0) is 13.5. The maximum absolute atomic E-state index is 11.3. The van der Waals surface area contributed by atoms with Gasteiger partial charge in [-0.25, -0.2) is 13.2 Å². The molecule has 2 rings (SSSR count). The highest BCUT2D eigenvalue weighted by Gasteiger charge is 2.15. The number of hydrogen-bond acceptors (Lipinski definition) is 5. The first-order valence-corrected chi connectivity index (χ1v) is 7.37. The second-order valence-corrected chi connectivity index (χ2v) is 6.54. The first-order valence-electron chi connectivity index (χ1n) is 5.31. The molecule has 0 aliphatic heterocycles. The van der Waals surface area contributed by atoms with Crippen molar-refractivity contribution in [2.75, 3.05) is 12.0 Å². The van der Waals surface area contributed by atoms with Crippen molar-refractivity contribution in [1.29, 1.82) is 0 Å². The summed E-state index contributed by atoms with van der Waals surface area (Å²) in [5.74, 6) is -0.603. The maximum Gasteiger partial charge on any atom is 0.419 e. The Morgan fingerprint density at radius 3 is 2.72 bits per heavy atom. The van der Waals surface area contributed by atoms with Crippen molar-refractivity contribution in [3.05, 3.63) is 34.3 Å². The molecule has 0 aliphatic carbocycles. The van der Waals surface area contributed by atoms with Gasteiger partial charge in [0.1, 0.15) is 9.84 Å². The summed E-state index contributed by atoms with van der Waals surface area (Å²) in [5.41, 5.74) is 7.49. The molecule has 1 unspecified atom stereocenters. The Morgan fingerprint density at radius 1 is 1.44 bits per heavy atom. The number of rotatable bonds is 3. The molecule has 1 aromatic carbocycles. The van der Waals surface area contributed by atoms with Crippen molar-refractivity contribution >= 4 is 20.9 Å². The minimum absolute atomic E-state index is 0.143. The highest BCUT2D eigenvalue weighted by molar-refractivity contribution is 7.90. The van der Waals surface area contributed by atoms with E-state index in [0.717, 1.165) is 6.26 Å². The molecule has 6 nitrogen and oxygen atoms in total. The van der Waals surface area contributed by atoms with Gasteiger partial charge in [0.15, 0.2) is 5.58 Å². The van der Waals surface area contributed by atoms with Gasteiger partial charge in [0.25, 0.3) is 0 Å². The van der Waals surface area contributed by atoms with Gasteiger partial charge < -0.3 is 10.2 Å². The summed E-state index contributed by atoms with van der Waals surface area (Å²) in [7, 11) is -1.55. The third kappa shape index (κ3) is 2.46. The molecule has 0 fully saturated rings. The van der Waals surface area contributed by atoms with Gasteiger partial charge in [-0.2, -0.15) is 0 Å². The average Bonchev–Trinajstić information content (AvgIpc) is 2.52. The summed E-state index contributed by atoms with van der Waals surface area (Å²) in [6.45, 7) is 0. The molecular formula is C11H14N2O4S. The maximum atomic E-state index is 11.3. The minimum Gasteiger partial charge on any atom is -0.408 e. The Kier molecular flexibility index (Phi) is 3.04. The number of benzene rings is 1. The largest absolute Gasteiger partial charge is 0.419 e. The van der Waals surface area contributed by atoms with Gasteiger partial charge in [-0.3, -0.25) is 4.57 Å². The molecule has 0 amide bonds. The van der Waals surface area contributed by atoms with E-state index in [0.29, 0.717) is 16.7 Å². The van der Waals surface area contributed by atoms with E-state index in [1.807, 2.05) is 0 Å². The fourth-order valence-electron chi connectivity index (χ4n) is 1.80. The third-order valence-electron chi connectivity index (χ3n) is 2.73. The van der Waals surface area contributed by atoms with E-state index in [-0.39, 0.29) is 5.75 Å². The molecule has 1 atom stereocenters. The van der Waals surface area contributed by atoms with Gasteiger partial charge in [-0.15, -0.1) is 0 Å². The number of hydrogen-bond donors (Lipinski definition) is 1. The predicted molar refractivity (Wildman–Crippen MR) is 68.1 cm³/mol. The summed E-state index contributed by atoms with van der Waals surface area (Å²) >= 11 is 0. The summed E-state index contributed by atoms with van der Waals surface area (Å²) in [6.07, 6.45) is 1.13. The number of fused-ring (bicyclic) bond motifs is 1. The molecule has 1 aromatic heterocycles. The molecule has 2 N–H and O–H groups in total. The van der Waals surface area contributed by atoms with E-state index < -0.39 is 21.6 Å². The van der Waals surface area contributed by atoms with Crippen LogP contribution in [0.3, 0.4) is 0 Å². The number of aromatic nitrogens is 1. The Bertz CT molecular complexity index is 742. The van der Waals surface area contributed by atoms with Gasteiger partial charge >= 0.3 is 5.76 Å². The summed E-state index contributed by atoms with van der Waals surface area (Å²) in [4.78, 5) is 11.3. The fraction of sp³-hybridized carbons (Fsp3) is 0.364. The van der Waals surface area contributed by atoms with Crippen molar-refractivity contribution in [2.45, 2.75) is 6.04 Å². The lowest BCUT2D eigenvalue weighted by Crippen LogP contribution is -2.20. The monoisotopic (exact) mass is 270 g/mol. The molecule has 7 heteroatoms. The summed E-state index contributed by atoms with van der Waals surface area (Å²) in [6, 6.07) is 4.37. The van der Waals surface area contributed by atoms with E-state index in [9.17, 15) is 13.2 Å². The van der Waals surface area contributed by atoms with Crippen LogP contribution in [0.4, 0.5) is 0 Å². The normalized spacial score (nSPS) is 13.9. The lowest BCUT2D eigenvalue weighted by atomic mass is 10.1. The van der Waals surface area contributed by atoms with Crippen molar-refractivity contribution in [3.8, 4) is 0 Å². The van der Waals surface area contributed by atoms with Crippen LogP contribution in [0.2, 0.25) is 0 Å². The Labute approximate surface area is 104 Å². The van der Waals surface area contributed by atoms with Crippen molar-refractivity contribution in [2.24, 2.45) is 12.8 Å². The van der Waals surface area contributed by atoms with Crippen molar-refractivity contribution in [3.63, 3.8) is 0 Å². The second-order valence-electron chi connectivity index (χ2n) is 4.35. The lowest BCUT2D eigenvalue weighted by Gasteiger charge is -2.10. The summed E-state index contributed by atoms with van der Waals surface area (Å²) in [5, 5.41) is 0. The van der Waals surface area contributed by atoms with Crippen molar-refractivity contribution in [1.82, 2.24) is 4.57 Å². The standard InChI is InChI=1S/C11H14N2O4S/c1-13-9-4-3-7(5-10(9)17-11(13)14)8(12)6-18(2,15)16/h3-5,8H,6,12H2,1-2H3. The van der Waals surface area contributed by atoms with Crippen molar-refractivity contribution < 1.29 is 12.8 Å². The molecule has 0 saturated carbocycles. The molecule has 0 saturated heterocycles. The smallest absolute Gasteiger partial charge is 0.408 e. The number of nitrogens with two attached hydrogens (primary N) is 1. The van der Waals surface area contributed by atoms with Crippen LogP contribution < -0.4 is 11.5 Å². The quantitative estimate of drug-likeness (QED) is 0.858. The Morgan fingerprint density at radius 2 is 2.11 bits per heavy atom. The molecule has 0 radical (unpaired) electrons.